The lowest BCUT2D eigenvalue weighted by molar-refractivity contribution is -0.385. The average Bonchev–Trinajstić information content (AvgIpc) is 2.69. The number of benzene rings is 2. The van der Waals surface area contributed by atoms with Crippen molar-refractivity contribution >= 4 is 21.6 Å². The number of amides is 1. The molecule has 3 rings (SSSR count). The number of rotatable bonds is 5. The fraction of sp³-hybridized carbons (Fsp3) is 0.316. The summed E-state index contributed by atoms with van der Waals surface area (Å²) in [6, 6.07) is 6.00. The molecule has 1 aliphatic heterocycles. The van der Waals surface area contributed by atoms with Crippen LogP contribution in [0, 0.1) is 28.7 Å². The average molecular weight is 439 g/mol. The monoisotopic (exact) mass is 439 g/mol. The predicted molar refractivity (Wildman–Crippen MR) is 103 cm³/mol. The van der Waals surface area contributed by atoms with Crippen LogP contribution in [0.2, 0.25) is 0 Å². The van der Waals surface area contributed by atoms with Crippen LogP contribution >= 0.6 is 0 Å². The van der Waals surface area contributed by atoms with Crippen molar-refractivity contribution in [1.82, 2.24) is 9.62 Å². The first kappa shape index (κ1) is 21.8. The Morgan fingerprint density at radius 3 is 2.33 bits per heavy atom. The number of nitro groups is 1. The molecule has 1 saturated heterocycles. The zero-order valence-electron chi connectivity index (χ0n) is 16.0. The van der Waals surface area contributed by atoms with Gasteiger partial charge in [-0.2, -0.15) is 0 Å². The Hall–Kier alpha value is -2.92. The molecule has 1 fully saturated rings. The first-order valence-corrected chi connectivity index (χ1v) is 10.6. The Bertz CT molecular complexity index is 1080. The van der Waals surface area contributed by atoms with E-state index in [4.69, 9.17) is 0 Å². The second-order valence-electron chi connectivity index (χ2n) is 7.00. The van der Waals surface area contributed by atoms with Crippen LogP contribution in [0.3, 0.4) is 0 Å². The second-order valence-corrected chi connectivity index (χ2v) is 8.71. The van der Waals surface area contributed by atoms with E-state index in [1.165, 1.54) is 11.8 Å². The molecule has 160 valence electrons. The topological polar surface area (TPSA) is 110 Å². The van der Waals surface area contributed by atoms with Gasteiger partial charge in [0, 0.05) is 30.8 Å². The molecule has 0 radical (unpaired) electrons. The summed E-state index contributed by atoms with van der Waals surface area (Å²) < 4.78 is 54.3. The number of sulfonamides is 1. The largest absolute Gasteiger partial charge is 0.339 e. The maximum atomic E-state index is 14.0. The minimum atomic E-state index is -3.84. The van der Waals surface area contributed by atoms with E-state index >= 15 is 0 Å². The maximum absolute atomic E-state index is 14.0. The van der Waals surface area contributed by atoms with Crippen molar-refractivity contribution < 1.29 is 26.9 Å². The normalized spacial score (nSPS) is 15.2. The molecule has 0 atom stereocenters. The van der Waals surface area contributed by atoms with Gasteiger partial charge >= 0.3 is 0 Å². The van der Waals surface area contributed by atoms with Gasteiger partial charge in [0.25, 0.3) is 11.6 Å². The van der Waals surface area contributed by atoms with Gasteiger partial charge in [0.15, 0.2) is 0 Å². The molecule has 2 aromatic rings. The summed E-state index contributed by atoms with van der Waals surface area (Å²) in [6.45, 7) is 1.65. The molecule has 30 heavy (non-hydrogen) atoms. The van der Waals surface area contributed by atoms with Gasteiger partial charge in [0.05, 0.1) is 15.4 Å². The van der Waals surface area contributed by atoms with Crippen molar-refractivity contribution in [3.05, 3.63) is 69.3 Å². The van der Waals surface area contributed by atoms with E-state index in [-0.39, 0.29) is 29.1 Å². The summed E-state index contributed by atoms with van der Waals surface area (Å²) in [5.74, 6) is -1.94. The molecule has 0 saturated carbocycles. The summed E-state index contributed by atoms with van der Waals surface area (Å²) in [4.78, 5) is 24.3. The maximum Gasteiger partial charge on any atom is 0.276 e. The zero-order chi connectivity index (χ0) is 22.1. The molecule has 0 unspecified atom stereocenters. The molecular formula is C19H19F2N3O5S. The van der Waals surface area contributed by atoms with E-state index in [0.717, 1.165) is 36.4 Å². The molecule has 0 bridgehead atoms. The highest BCUT2D eigenvalue weighted by Gasteiger charge is 2.29. The van der Waals surface area contributed by atoms with E-state index in [0.29, 0.717) is 12.8 Å². The number of nitrogens with zero attached hydrogens (tertiary/aromatic N) is 2. The molecule has 11 heteroatoms. The van der Waals surface area contributed by atoms with Crippen LogP contribution in [0.5, 0.6) is 0 Å². The van der Waals surface area contributed by atoms with E-state index in [2.05, 4.69) is 4.72 Å². The molecule has 0 aliphatic carbocycles. The number of nitrogens with one attached hydrogen (secondary N) is 1. The third kappa shape index (κ3) is 4.62. The van der Waals surface area contributed by atoms with E-state index < -0.39 is 44.2 Å². The van der Waals surface area contributed by atoms with Crippen molar-refractivity contribution in [2.45, 2.75) is 30.7 Å². The molecule has 2 aromatic carbocycles. The van der Waals surface area contributed by atoms with E-state index in [1.54, 1.807) is 0 Å². The van der Waals surface area contributed by atoms with Gasteiger partial charge in [-0.3, -0.25) is 14.9 Å². The highest BCUT2D eigenvalue weighted by Crippen LogP contribution is 2.25. The molecule has 8 nitrogen and oxygen atoms in total. The van der Waals surface area contributed by atoms with Gasteiger partial charge in [0.1, 0.15) is 11.6 Å². The SMILES string of the molecule is Cc1c(F)cc(C(=O)N2CCC(NS(=O)(=O)c3ccc(F)cc3)CC2)cc1[N+](=O)[O-]. The minimum Gasteiger partial charge on any atom is -0.339 e. The number of nitro benzene ring substituents is 1. The summed E-state index contributed by atoms with van der Waals surface area (Å²) in [7, 11) is -3.84. The standard InChI is InChI=1S/C19H19F2N3O5S/c1-12-17(21)10-13(11-18(12)24(26)27)19(25)23-8-6-15(7-9-23)22-30(28,29)16-4-2-14(20)3-5-16/h2-5,10-11,15,22H,6-9H2,1H3. The third-order valence-electron chi connectivity index (χ3n) is 4.99. The third-order valence-corrected chi connectivity index (χ3v) is 6.52. The Kier molecular flexibility index (Phi) is 6.13. The predicted octanol–water partition coefficient (Wildman–Crippen LogP) is 2.76. The molecule has 1 heterocycles. The molecular weight excluding hydrogens is 420 g/mol. The van der Waals surface area contributed by atoms with Crippen molar-refractivity contribution in [1.29, 1.82) is 0 Å². The van der Waals surface area contributed by atoms with Crippen LogP contribution in [0.25, 0.3) is 0 Å². The second kappa shape index (κ2) is 8.44. The summed E-state index contributed by atoms with van der Waals surface area (Å²) in [5, 5.41) is 11.1. The fourth-order valence-electron chi connectivity index (χ4n) is 3.26. The lowest BCUT2D eigenvalue weighted by atomic mass is 10.0. The van der Waals surface area contributed by atoms with Crippen molar-refractivity contribution in [2.75, 3.05) is 13.1 Å². The van der Waals surface area contributed by atoms with Gasteiger partial charge < -0.3 is 4.90 Å². The number of piperidine rings is 1. The van der Waals surface area contributed by atoms with Crippen LogP contribution in [0.15, 0.2) is 41.3 Å². The number of hydrogen-bond donors (Lipinski definition) is 1. The summed E-state index contributed by atoms with van der Waals surface area (Å²) >= 11 is 0. The summed E-state index contributed by atoms with van der Waals surface area (Å²) in [5.41, 5.74) is -0.749. The Balaban J connectivity index is 1.66. The van der Waals surface area contributed by atoms with E-state index in [1.807, 2.05) is 0 Å². The number of likely N-dealkylation sites (tertiary alicyclic amines) is 1. The van der Waals surface area contributed by atoms with Crippen molar-refractivity contribution in [2.24, 2.45) is 0 Å². The molecule has 1 N–H and O–H groups in total. The van der Waals surface area contributed by atoms with Gasteiger partial charge in [-0.05, 0) is 50.1 Å². The first-order valence-electron chi connectivity index (χ1n) is 9.10. The van der Waals surface area contributed by atoms with Crippen LogP contribution < -0.4 is 4.72 Å². The van der Waals surface area contributed by atoms with Crippen LogP contribution in [0.4, 0.5) is 14.5 Å². The van der Waals surface area contributed by atoms with Crippen LogP contribution in [-0.2, 0) is 10.0 Å². The first-order chi connectivity index (χ1) is 14.1. The van der Waals surface area contributed by atoms with Crippen LogP contribution in [-0.4, -0.2) is 43.3 Å². The lowest BCUT2D eigenvalue weighted by Crippen LogP contribution is -2.46. The number of halogens is 2. The van der Waals surface area contributed by atoms with Gasteiger partial charge in [-0.25, -0.2) is 21.9 Å². The smallest absolute Gasteiger partial charge is 0.276 e. The van der Waals surface area contributed by atoms with Gasteiger partial charge in [-0.15, -0.1) is 0 Å². The number of carbonyl (C=O) groups excluding carboxylic acids is 1. The Morgan fingerprint density at radius 1 is 1.17 bits per heavy atom. The zero-order valence-corrected chi connectivity index (χ0v) is 16.8. The Labute approximate surface area is 171 Å². The van der Waals surface area contributed by atoms with Gasteiger partial charge in [-0.1, -0.05) is 0 Å². The molecule has 1 aliphatic rings. The van der Waals surface area contributed by atoms with Crippen molar-refractivity contribution in [3.63, 3.8) is 0 Å². The summed E-state index contributed by atoms with van der Waals surface area (Å²) in [6.07, 6.45) is 0.616. The number of carbonyl (C=O) groups is 1. The van der Waals surface area contributed by atoms with Crippen LogP contribution in [0.1, 0.15) is 28.8 Å². The molecule has 0 aromatic heterocycles. The highest BCUT2D eigenvalue weighted by atomic mass is 32.2. The molecule has 1 amide bonds. The molecule has 0 spiro atoms. The van der Waals surface area contributed by atoms with Gasteiger partial charge in [0.2, 0.25) is 10.0 Å². The Morgan fingerprint density at radius 2 is 1.77 bits per heavy atom. The quantitative estimate of drug-likeness (QED) is 0.569. The number of hydrogen-bond acceptors (Lipinski definition) is 5. The lowest BCUT2D eigenvalue weighted by Gasteiger charge is -2.32. The van der Waals surface area contributed by atoms with E-state index in [9.17, 15) is 32.1 Å². The highest BCUT2D eigenvalue weighted by molar-refractivity contribution is 7.89. The minimum absolute atomic E-state index is 0.0650. The van der Waals surface area contributed by atoms with Crippen molar-refractivity contribution in [3.8, 4) is 0 Å². The fourth-order valence-corrected chi connectivity index (χ4v) is 4.57.